The number of hydrazine groups is 1. The van der Waals surface area contributed by atoms with E-state index in [2.05, 4.69) is 14.9 Å². The summed E-state index contributed by atoms with van der Waals surface area (Å²) in [7, 11) is 0. The number of aromatic amines is 1. The van der Waals surface area contributed by atoms with Crippen molar-refractivity contribution in [3.05, 3.63) is 71.9 Å². The smallest absolute Gasteiger partial charge is 0.295 e. The van der Waals surface area contributed by atoms with Crippen LogP contribution >= 0.6 is 11.3 Å². The summed E-state index contributed by atoms with van der Waals surface area (Å²) < 4.78 is 14.7. The quantitative estimate of drug-likeness (QED) is 0.157. The summed E-state index contributed by atoms with van der Waals surface area (Å²) in [5, 5.41) is 3.92. The van der Waals surface area contributed by atoms with Crippen molar-refractivity contribution in [2.45, 2.75) is 0 Å². The highest BCUT2D eigenvalue weighted by Crippen LogP contribution is 2.30. The minimum absolute atomic E-state index is 0.0471. The lowest BCUT2D eigenvalue weighted by atomic mass is 10.1. The number of amides is 1. The first kappa shape index (κ1) is 23.5. The number of thiazole rings is 1. The fourth-order valence-electron chi connectivity index (χ4n) is 4.14. The van der Waals surface area contributed by atoms with Crippen LogP contribution in [0.25, 0.3) is 22.2 Å². The van der Waals surface area contributed by atoms with Gasteiger partial charge in [0.25, 0.3) is 11.7 Å². The van der Waals surface area contributed by atoms with E-state index in [-0.39, 0.29) is 22.3 Å². The second-order valence-corrected chi connectivity index (χ2v) is 8.96. The molecule has 1 aliphatic heterocycles. The van der Waals surface area contributed by atoms with Gasteiger partial charge in [0.15, 0.2) is 16.8 Å². The highest BCUT2D eigenvalue weighted by molar-refractivity contribution is 7.14. The first-order valence-electron chi connectivity index (χ1n) is 11.2. The predicted molar refractivity (Wildman–Crippen MR) is 137 cm³/mol. The Bertz CT molecular complexity index is 1440. The lowest BCUT2D eigenvalue weighted by Crippen LogP contribution is -2.50. The number of rotatable bonds is 6. The molecule has 36 heavy (non-hydrogen) atoms. The second kappa shape index (κ2) is 9.76. The molecule has 0 bridgehead atoms. The number of piperazine rings is 1. The van der Waals surface area contributed by atoms with Crippen molar-refractivity contribution in [1.29, 1.82) is 0 Å². The van der Waals surface area contributed by atoms with E-state index >= 15 is 0 Å². The highest BCUT2D eigenvalue weighted by atomic mass is 32.1. The topological polar surface area (TPSA) is 137 Å². The number of carbonyl (C=O) groups excluding carboxylic acids is 2. The molecule has 0 aliphatic carbocycles. The number of fused-ring (bicyclic) bond motifs is 1. The molecule has 1 amide bonds. The summed E-state index contributed by atoms with van der Waals surface area (Å²) in [5.74, 6) is 3.80. The lowest BCUT2D eigenvalue weighted by Gasteiger charge is -2.34. The summed E-state index contributed by atoms with van der Waals surface area (Å²) in [5.41, 5.74) is 7.42. The maximum atomic E-state index is 14.7. The van der Waals surface area contributed by atoms with Crippen LogP contribution in [0.5, 0.6) is 0 Å². The summed E-state index contributed by atoms with van der Waals surface area (Å²) in [6.45, 7) is 1.76. The number of aromatic nitrogens is 3. The van der Waals surface area contributed by atoms with Crippen LogP contribution in [-0.2, 0) is 4.79 Å². The zero-order valence-electron chi connectivity index (χ0n) is 19.1. The molecule has 1 aromatic carbocycles. The Morgan fingerprint density at radius 2 is 1.92 bits per heavy atom. The molecule has 5 N–H and O–H groups in total. The maximum absolute atomic E-state index is 14.7. The standard InChI is InChI=1S/C24H23FN8O2S/c25-17-13-29-22(33(27)7-6-26)20-19(17)16(12-28-20)21(34)23(35)31-8-10-32(11-9-31)24-30-18(14-36-24)15-4-2-1-3-5-15/h1-7,12-14,28H,8-11,26-27H2/b7-6-. The number of anilines is 2. The number of benzene rings is 1. The maximum Gasteiger partial charge on any atom is 0.295 e. The number of H-pyrrole nitrogens is 1. The van der Waals surface area contributed by atoms with Crippen LogP contribution < -0.4 is 21.5 Å². The van der Waals surface area contributed by atoms with E-state index in [1.807, 2.05) is 35.7 Å². The van der Waals surface area contributed by atoms with Gasteiger partial charge in [-0.15, -0.1) is 11.3 Å². The van der Waals surface area contributed by atoms with E-state index in [0.717, 1.165) is 27.6 Å². The van der Waals surface area contributed by atoms with E-state index in [1.165, 1.54) is 23.5 Å². The molecular formula is C24H23FN8O2S. The molecular weight excluding hydrogens is 483 g/mol. The molecule has 0 saturated carbocycles. The Kier molecular flexibility index (Phi) is 6.36. The molecule has 4 aromatic rings. The summed E-state index contributed by atoms with van der Waals surface area (Å²) >= 11 is 1.54. The third-order valence-electron chi connectivity index (χ3n) is 5.97. The Labute approximate surface area is 209 Å². The van der Waals surface area contributed by atoms with Gasteiger partial charge in [0, 0.05) is 55.7 Å². The molecule has 0 atom stereocenters. The lowest BCUT2D eigenvalue weighted by molar-refractivity contribution is -0.126. The molecule has 0 radical (unpaired) electrons. The van der Waals surface area contributed by atoms with Gasteiger partial charge < -0.3 is 20.5 Å². The summed E-state index contributed by atoms with van der Waals surface area (Å²) in [6.07, 6.45) is 4.78. The minimum Gasteiger partial charge on any atom is -0.403 e. The van der Waals surface area contributed by atoms with Crippen LogP contribution in [0.3, 0.4) is 0 Å². The van der Waals surface area contributed by atoms with Gasteiger partial charge in [0.1, 0.15) is 0 Å². The van der Waals surface area contributed by atoms with E-state index in [1.54, 1.807) is 11.3 Å². The average molecular weight is 507 g/mol. The number of hydrogen-bond donors (Lipinski definition) is 3. The Hall–Kier alpha value is -4.29. The van der Waals surface area contributed by atoms with E-state index < -0.39 is 17.5 Å². The number of hydrogen-bond acceptors (Lipinski definition) is 9. The fraction of sp³-hybridized carbons (Fsp3) is 0.167. The van der Waals surface area contributed by atoms with Crippen molar-refractivity contribution in [2.75, 3.05) is 36.1 Å². The molecule has 4 heterocycles. The van der Waals surface area contributed by atoms with E-state index in [0.29, 0.717) is 26.2 Å². The Morgan fingerprint density at radius 1 is 1.17 bits per heavy atom. The van der Waals surface area contributed by atoms with Crippen LogP contribution in [-0.4, -0.2) is 57.7 Å². The SMILES string of the molecule is N/C=C\N(N)c1ncc(F)c2c(C(=O)C(=O)N3CCN(c4nc(-c5ccccc5)cs4)CC3)c[nH]c12. The normalized spacial score (nSPS) is 14.1. The fourth-order valence-corrected chi connectivity index (χ4v) is 5.03. The number of carbonyl (C=O) groups is 2. The number of nitrogens with zero attached hydrogens (tertiary/aromatic N) is 5. The molecule has 0 spiro atoms. The van der Waals surface area contributed by atoms with Gasteiger partial charge in [-0.2, -0.15) is 0 Å². The van der Waals surface area contributed by atoms with Crippen molar-refractivity contribution >= 4 is 44.9 Å². The van der Waals surface area contributed by atoms with Crippen LogP contribution in [0.4, 0.5) is 15.3 Å². The van der Waals surface area contributed by atoms with Gasteiger partial charge in [0.05, 0.1) is 28.4 Å². The first-order valence-corrected chi connectivity index (χ1v) is 12.0. The van der Waals surface area contributed by atoms with E-state index in [4.69, 9.17) is 16.6 Å². The van der Waals surface area contributed by atoms with Gasteiger partial charge in [-0.25, -0.2) is 20.2 Å². The van der Waals surface area contributed by atoms with Crippen molar-refractivity contribution < 1.29 is 14.0 Å². The van der Waals surface area contributed by atoms with Gasteiger partial charge >= 0.3 is 0 Å². The monoisotopic (exact) mass is 506 g/mol. The molecule has 1 aliphatic rings. The van der Waals surface area contributed by atoms with Gasteiger partial charge in [-0.05, 0) is 0 Å². The van der Waals surface area contributed by atoms with Crippen LogP contribution in [0.1, 0.15) is 10.4 Å². The van der Waals surface area contributed by atoms with Crippen molar-refractivity contribution in [2.24, 2.45) is 11.6 Å². The van der Waals surface area contributed by atoms with Crippen LogP contribution in [0.15, 0.2) is 60.5 Å². The number of ketones is 1. The average Bonchev–Trinajstić information content (AvgIpc) is 3.58. The molecule has 1 saturated heterocycles. The molecule has 12 heteroatoms. The number of pyridine rings is 1. The predicted octanol–water partition coefficient (Wildman–Crippen LogP) is 2.47. The minimum atomic E-state index is -0.802. The Balaban J connectivity index is 1.30. The van der Waals surface area contributed by atoms with Gasteiger partial charge in [-0.3, -0.25) is 14.6 Å². The zero-order chi connectivity index (χ0) is 25.2. The number of nitrogens with one attached hydrogen (secondary N) is 1. The molecule has 5 rings (SSSR count). The van der Waals surface area contributed by atoms with E-state index in [9.17, 15) is 14.0 Å². The molecule has 1 fully saturated rings. The Morgan fingerprint density at radius 3 is 2.64 bits per heavy atom. The number of halogens is 1. The van der Waals surface area contributed by atoms with Crippen molar-refractivity contribution in [3.63, 3.8) is 0 Å². The summed E-state index contributed by atoms with van der Waals surface area (Å²) in [4.78, 5) is 41.2. The first-order chi connectivity index (χ1) is 17.5. The van der Waals surface area contributed by atoms with Gasteiger partial charge in [-0.1, -0.05) is 30.3 Å². The number of Topliss-reactive ketones (excluding diaryl/α,β-unsaturated/α-hetero) is 1. The third kappa shape index (κ3) is 4.27. The molecule has 0 unspecified atom stereocenters. The molecule has 10 nitrogen and oxygen atoms in total. The largest absolute Gasteiger partial charge is 0.403 e. The van der Waals surface area contributed by atoms with Crippen molar-refractivity contribution in [1.82, 2.24) is 19.9 Å². The van der Waals surface area contributed by atoms with Crippen LogP contribution in [0.2, 0.25) is 0 Å². The molecule has 184 valence electrons. The van der Waals surface area contributed by atoms with Gasteiger partial charge in [0.2, 0.25) is 0 Å². The summed E-state index contributed by atoms with van der Waals surface area (Å²) in [6, 6.07) is 9.91. The molecule has 3 aromatic heterocycles. The highest BCUT2D eigenvalue weighted by Gasteiger charge is 2.30. The second-order valence-electron chi connectivity index (χ2n) is 8.12. The van der Waals surface area contributed by atoms with Crippen LogP contribution in [0, 0.1) is 5.82 Å². The third-order valence-corrected chi connectivity index (χ3v) is 6.87. The van der Waals surface area contributed by atoms with Crippen molar-refractivity contribution in [3.8, 4) is 11.3 Å². The zero-order valence-corrected chi connectivity index (χ0v) is 19.9. The number of nitrogens with two attached hydrogens (primary N) is 2.